The topological polar surface area (TPSA) is 0 Å². The zero-order chi connectivity index (χ0) is 32.9. The Morgan fingerprint density at radius 1 is 0.468 bits per heavy atom. The predicted octanol–water partition coefficient (Wildman–Crippen LogP) is 12.3. The van der Waals surface area contributed by atoms with Crippen molar-refractivity contribution in [2.75, 3.05) is 0 Å². The van der Waals surface area contributed by atoms with E-state index in [4.69, 9.17) is 0 Å². The van der Waals surface area contributed by atoms with Gasteiger partial charge in [-0.25, -0.2) is 0 Å². The first-order chi connectivity index (χ1) is 22.8. The van der Waals surface area contributed by atoms with Crippen molar-refractivity contribution in [1.82, 2.24) is 0 Å². The molecule has 0 amide bonds. The standard InChI is InChI=1S/C45H58P2/c1-32(2)35-30-40(33(3)4)44(41(31-35)34(5)6)45-42(46(36-20-11-7-12-21-36)37-22-13-8-14-23-37)28-19-29-43(45)47(38-24-15-9-16-25-38)39-26-17-10-18-27-39/h7-8,11-14,19-23,28-34,38-39H,9-10,15-18,24-27H2,1-6H3. The average molecular weight is 661 g/mol. The van der Waals surface area contributed by atoms with Crippen molar-refractivity contribution >= 4 is 37.1 Å². The van der Waals surface area contributed by atoms with E-state index in [1.807, 2.05) is 0 Å². The second-order valence-electron chi connectivity index (χ2n) is 15.2. The number of hydrogen-bond acceptors (Lipinski definition) is 0. The Hall–Kier alpha value is -2.26. The summed E-state index contributed by atoms with van der Waals surface area (Å²) < 4.78 is 0. The molecule has 2 aliphatic carbocycles. The highest BCUT2D eigenvalue weighted by Gasteiger charge is 2.36. The van der Waals surface area contributed by atoms with Crippen LogP contribution in [-0.4, -0.2) is 11.3 Å². The van der Waals surface area contributed by atoms with E-state index in [2.05, 4.69) is 133 Å². The molecular weight excluding hydrogens is 602 g/mol. The van der Waals surface area contributed by atoms with Crippen LogP contribution >= 0.6 is 15.8 Å². The monoisotopic (exact) mass is 660 g/mol. The molecule has 0 heterocycles. The maximum atomic E-state index is 2.64. The van der Waals surface area contributed by atoms with Crippen LogP contribution in [0.2, 0.25) is 0 Å². The summed E-state index contributed by atoms with van der Waals surface area (Å²) in [6.45, 7) is 14.5. The van der Waals surface area contributed by atoms with Gasteiger partial charge in [-0.05, 0) is 112 Å². The average Bonchev–Trinajstić information content (AvgIpc) is 3.10. The molecule has 0 aliphatic heterocycles. The van der Waals surface area contributed by atoms with Crippen LogP contribution in [0.1, 0.15) is 140 Å². The van der Waals surface area contributed by atoms with Crippen molar-refractivity contribution in [2.24, 2.45) is 0 Å². The van der Waals surface area contributed by atoms with Gasteiger partial charge in [0.25, 0.3) is 0 Å². The molecule has 2 heteroatoms. The summed E-state index contributed by atoms with van der Waals surface area (Å²) >= 11 is 0. The van der Waals surface area contributed by atoms with Gasteiger partial charge < -0.3 is 0 Å². The number of benzene rings is 4. The molecule has 2 fully saturated rings. The van der Waals surface area contributed by atoms with Gasteiger partial charge in [0, 0.05) is 0 Å². The lowest BCUT2D eigenvalue weighted by atomic mass is 9.81. The van der Waals surface area contributed by atoms with Crippen LogP contribution in [-0.2, 0) is 0 Å². The Balaban J connectivity index is 1.73. The fourth-order valence-electron chi connectivity index (χ4n) is 8.42. The van der Waals surface area contributed by atoms with E-state index in [0.717, 1.165) is 11.3 Å². The molecule has 0 spiro atoms. The van der Waals surface area contributed by atoms with Crippen molar-refractivity contribution in [3.8, 4) is 11.1 Å². The Morgan fingerprint density at radius 2 is 0.915 bits per heavy atom. The molecule has 2 aliphatic rings. The molecule has 4 aromatic rings. The van der Waals surface area contributed by atoms with Crippen LogP contribution in [0.3, 0.4) is 0 Å². The van der Waals surface area contributed by atoms with E-state index in [1.165, 1.54) is 80.4 Å². The van der Waals surface area contributed by atoms with Crippen molar-refractivity contribution in [3.63, 3.8) is 0 Å². The summed E-state index contributed by atoms with van der Waals surface area (Å²) in [5, 5.41) is 6.25. The molecular formula is C45H58P2. The number of hydrogen-bond donors (Lipinski definition) is 0. The van der Waals surface area contributed by atoms with Crippen LogP contribution < -0.4 is 21.2 Å². The van der Waals surface area contributed by atoms with Gasteiger partial charge in [-0.2, -0.15) is 0 Å². The van der Waals surface area contributed by atoms with Gasteiger partial charge in [-0.15, -0.1) is 0 Å². The van der Waals surface area contributed by atoms with Crippen molar-refractivity contribution in [1.29, 1.82) is 0 Å². The normalized spacial score (nSPS) is 16.7. The van der Waals surface area contributed by atoms with E-state index in [-0.39, 0.29) is 7.92 Å². The van der Waals surface area contributed by atoms with Gasteiger partial charge in [0.15, 0.2) is 0 Å². The Kier molecular flexibility index (Phi) is 11.8. The lowest BCUT2D eigenvalue weighted by Crippen LogP contribution is -2.31. The van der Waals surface area contributed by atoms with Crippen LogP contribution in [0.4, 0.5) is 0 Å². The fourth-order valence-corrected chi connectivity index (χ4v) is 15.0. The van der Waals surface area contributed by atoms with E-state index in [1.54, 1.807) is 32.9 Å². The molecule has 0 aromatic heterocycles. The summed E-state index contributed by atoms with van der Waals surface area (Å²) in [7, 11) is -1.03. The van der Waals surface area contributed by atoms with Crippen molar-refractivity contribution in [2.45, 2.75) is 135 Å². The summed E-state index contributed by atoms with van der Waals surface area (Å²) in [6.07, 6.45) is 14.3. The van der Waals surface area contributed by atoms with Gasteiger partial charge in [0.1, 0.15) is 0 Å². The Bertz CT molecular complexity index is 1490. The lowest BCUT2D eigenvalue weighted by molar-refractivity contribution is 0.487. The fraction of sp³-hybridized carbons (Fsp3) is 0.467. The first kappa shape index (κ1) is 34.6. The van der Waals surface area contributed by atoms with Gasteiger partial charge in [-0.3, -0.25) is 0 Å². The maximum Gasteiger partial charge on any atom is -0.00174 e. The van der Waals surface area contributed by atoms with Gasteiger partial charge in [-0.1, -0.05) is 179 Å². The first-order valence-electron chi connectivity index (χ1n) is 18.8. The second kappa shape index (κ2) is 16.0. The molecule has 0 saturated heterocycles. The van der Waals surface area contributed by atoms with Crippen LogP contribution in [0, 0.1) is 0 Å². The minimum absolute atomic E-state index is 0.288. The van der Waals surface area contributed by atoms with Gasteiger partial charge >= 0.3 is 0 Å². The molecule has 6 rings (SSSR count). The van der Waals surface area contributed by atoms with E-state index < -0.39 is 7.92 Å². The zero-order valence-corrected chi connectivity index (χ0v) is 31.8. The van der Waals surface area contributed by atoms with E-state index in [9.17, 15) is 0 Å². The summed E-state index contributed by atoms with van der Waals surface area (Å²) in [5.41, 5.74) is 9.56. The van der Waals surface area contributed by atoms with Gasteiger partial charge in [0.2, 0.25) is 0 Å². The molecule has 0 nitrogen and oxygen atoms in total. The van der Waals surface area contributed by atoms with Crippen LogP contribution in [0.15, 0.2) is 91.0 Å². The smallest absolute Gasteiger partial charge is 0.00174 e. The maximum absolute atomic E-state index is 2.64. The molecule has 0 radical (unpaired) electrons. The van der Waals surface area contributed by atoms with Crippen LogP contribution in [0.5, 0.6) is 0 Å². The third kappa shape index (κ3) is 7.66. The highest BCUT2D eigenvalue weighted by Crippen LogP contribution is 2.57. The molecule has 0 unspecified atom stereocenters. The second-order valence-corrected chi connectivity index (χ2v) is 20.1. The quantitative estimate of drug-likeness (QED) is 0.149. The first-order valence-corrected chi connectivity index (χ1v) is 21.7. The van der Waals surface area contributed by atoms with Gasteiger partial charge in [0.05, 0.1) is 0 Å². The summed E-state index contributed by atoms with van der Waals surface area (Å²) in [4.78, 5) is 0. The third-order valence-electron chi connectivity index (χ3n) is 10.9. The van der Waals surface area contributed by atoms with E-state index >= 15 is 0 Å². The zero-order valence-electron chi connectivity index (χ0n) is 30.0. The lowest BCUT2D eigenvalue weighted by Gasteiger charge is -2.41. The molecule has 2 saturated carbocycles. The molecule has 4 aromatic carbocycles. The number of rotatable bonds is 10. The van der Waals surface area contributed by atoms with E-state index in [0.29, 0.717) is 17.8 Å². The summed E-state index contributed by atoms with van der Waals surface area (Å²) in [6, 6.07) is 35.8. The molecule has 0 atom stereocenters. The Labute approximate surface area is 289 Å². The molecule has 0 bridgehead atoms. The van der Waals surface area contributed by atoms with Crippen LogP contribution in [0.25, 0.3) is 11.1 Å². The SMILES string of the molecule is CC(C)c1cc(C(C)C)c(-c2c(P(c3ccccc3)c3ccccc3)cccc2P(C2CCCCC2)C2CCCCC2)c(C(C)C)c1. The van der Waals surface area contributed by atoms with Crippen molar-refractivity contribution < 1.29 is 0 Å². The predicted molar refractivity (Wildman–Crippen MR) is 213 cm³/mol. The Morgan fingerprint density at radius 3 is 1.34 bits per heavy atom. The highest BCUT2D eigenvalue weighted by molar-refractivity contribution is 7.80. The molecule has 248 valence electrons. The largest absolute Gasteiger partial charge is 0.0683 e. The molecule has 0 N–H and O–H groups in total. The molecule has 47 heavy (non-hydrogen) atoms. The highest BCUT2D eigenvalue weighted by atomic mass is 31.1. The summed E-state index contributed by atoms with van der Waals surface area (Å²) in [5.74, 6) is 1.43. The minimum atomic E-state index is -0.739. The van der Waals surface area contributed by atoms with Crippen molar-refractivity contribution in [3.05, 3.63) is 108 Å². The minimum Gasteiger partial charge on any atom is -0.0683 e. The third-order valence-corrected chi connectivity index (χ3v) is 16.9.